The summed E-state index contributed by atoms with van der Waals surface area (Å²) in [6, 6.07) is 5.81. The Morgan fingerprint density at radius 1 is 1.43 bits per heavy atom. The molecule has 118 valence electrons. The van der Waals surface area contributed by atoms with Gasteiger partial charge in [-0.2, -0.15) is 0 Å². The fraction of sp³-hybridized carbons (Fsp3) is 0.625. The maximum Gasteiger partial charge on any atom is 0.124 e. The van der Waals surface area contributed by atoms with Gasteiger partial charge in [-0.3, -0.25) is 0 Å². The Labute approximate surface area is 126 Å². The number of aliphatic hydroxyl groups is 1. The maximum absolute atomic E-state index is 10.4. The normalized spacial score (nSPS) is 23.2. The van der Waals surface area contributed by atoms with Gasteiger partial charge < -0.3 is 24.6 Å². The number of aliphatic hydroxyl groups excluding tert-OH is 1. The number of hydrogen-bond acceptors (Lipinski definition) is 5. The number of rotatable bonds is 7. The van der Waals surface area contributed by atoms with Crippen LogP contribution in [0, 0.1) is 6.92 Å². The van der Waals surface area contributed by atoms with Crippen molar-refractivity contribution in [3.8, 4) is 5.75 Å². The molecule has 1 fully saturated rings. The second kappa shape index (κ2) is 7.22. The van der Waals surface area contributed by atoms with E-state index < -0.39 is 6.10 Å². The highest BCUT2D eigenvalue weighted by atomic mass is 16.5. The molecule has 2 rings (SSSR count). The Kier molecular flexibility index (Phi) is 5.58. The molecule has 0 spiro atoms. The predicted molar refractivity (Wildman–Crippen MR) is 80.7 cm³/mol. The highest BCUT2D eigenvalue weighted by Gasteiger charge is 2.34. The van der Waals surface area contributed by atoms with Crippen molar-refractivity contribution < 1.29 is 19.3 Å². The lowest BCUT2D eigenvalue weighted by molar-refractivity contribution is -0.0173. The third kappa shape index (κ3) is 3.95. The first-order valence-corrected chi connectivity index (χ1v) is 7.26. The minimum atomic E-state index is -0.615. The summed E-state index contributed by atoms with van der Waals surface area (Å²) in [5, 5.41) is 13.7. The van der Waals surface area contributed by atoms with E-state index in [9.17, 15) is 5.11 Å². The van der Waals surface area contributed by atoms with Gasteiger partial charge in [0.2, 0.25) is 0 Å². The Morgan fingerprint density at radius 3 is 2.86 bits per heavy atom. The summed E-state index contributed by atoms with van der Waals surface area (Å²) in [6.07, 6.45) is 0.261. The standard InChI is InChI=1S/C16H25NO4/c1-12-4-5-15(19-2)13(8-12)14(18)9-17-10-16(20-3)6-7-21-11-16/h4-5,8,14,17-18H,6-7,9-11H2,1-3H3. The van der Waals surface area contributed by atoms with Gasteiger partial charge in [0.05, 0.1) is 19.8 Å². The van der Waals surface area contributed by atoms with E-state index in [0.717, 1.165) is 24.2 Å². The van der Waals surface area contributed by atoms with Crippen LogP contribution >= 0.6 is 0 Å². The van der Waals surface area contributed by atoms with Crippen LogP contribution in [0.4, 0.5) is 0 Å². The average molecular weight is 295 g/mol. The van der Waals surface area contributed by atoms with Gasteiger partial charge in [0.25, 0.3) is 0 Å². The van der Waals surface area contributed by atoms with Crippen LogP contribution in [0.25, 0.3) is 0 Å². The molecule has 21 heavy (non-hydrogen) atoms. The molecule has 2 unspecified atom stereocenters. The quantitative estimate of drug-likeness (QED) is 0.797. The van der Waals surface area contributed by atoms with E-state index in [-0.39, 0.29) is 5.60 Å². The average Bonchev–Trinajstić information content (AvgIpc) is 2.96. The van der Waals surface area contributed by atoms with Crippen molar-refractivity contribution in [3.63, 3.8) is 0 Å². The summed E-state index contributed by atoms with van der Waals surface area (Å²) < 4.78 is 16.3. The van der Waals surface area contributed by atoms with Crippen LogP contribution in [0.5, 0.6) is 5.75 Å². The molecule has 0 amide bonds. The number of ether oxygens (including phenoxy) is 3. The van der Waals surface area contributed by atoms with Crippen molar-refractivity contribution in [2.24, 2.45) is 0 Å². The van der Waals surface area contributed by atoms with Crippen LogP contribution in [-0.2, 0) is 9.47 Å². The van der Waals surface area contributed by atoms with Crippen molar-refractivity contribution in [2.45, 2.75) is 25.0 Å². The molecule has 0 aromatic heterocycles. The summed E-state index contributed by atoms with van der Waals surface area (Å²) >= 11 is 0. The smallest absolute Gasteiger partial charge is 0.124 e. The number of aryl methyl sites for hydroxylation is 1. The summed E-state index contributed by atoms with van der Waals surface area (Å²) in [5.41, 5.74) is 1.64. The van der Waals surface area contributed by atoms with E-state index in [2.05, 4.69) is 5.32 Å². The highest BCUT2D eigenvalue weighted by Crippen LogP contribution is 2.26. The molecule has 0 aliphatic carbocycles. The van der Waals surface area contributed by atoms with E-state index in [4.69, 9.17) is 14.2 Å². The second-order valence-corrected chi connectivity index (χ2v) is 5.58. The van der Waals surface area contributed by atoms with Crippen LogP contribution < -0.4 is 10.1 Å². The minimum absolute atomic E-state index is 0.267. The number of hydrogen-bond donors (Lipinski definition) is 2. The van der Waals surface area contributed by atoms with Crippen molar-refractivity contribution in [1.82, 2.24) is 5.32 Å². The molecule has 1 aromatic rings. The van der Waals surface area contributed by atoms with Gasteiger partial charge in [-0.1, -0.05) is 11.6 Å². The van der Waals surface area contributed by atoms with E-state index >= 15 is 0 Å². The van der Waals surface area contributed by atoms with E-state index in [0.29, 0.717) is 25.4 Å². The van der Waals surface area contributed by atoms with E-state index in [1.54, 1.807) is 14.2 Å². The summed E-state index contributed by atoms with van der Waals surface area (Å²) in [5.74, 6) is 0.709. The molecule has 0 bridgehead atoms. The zero-order chi connectivity index (χ0) is 15.3. The molecule has 2 N–H and O–H groups in total. The van der Waals surface area contributed by atoms with Crippen LogP contribution in [0.1, 0.15) is 23.7 Å². The lowest BCUT2D eigenvalue weighted by atomic mass is 10.0. The van der Waals surface area contributed by atoms with Gasteiger partial charge in [0, 0.05) is 38.8 Å². The molecule has 5 nitrogen and oxygen atoms in total. The molecule has 1 saturated heterocycles. The number of benzene rings is 1. The van der Waals surface area contributed by atoms with Gasteiger partial charge in [-0.25, -0.2) is 0 Å². The van der Waals surface area contributed by atoms with Gasteiger partial charge in [0.15, 0.2) is 0 Å². The maximum atomic E-state index is 10.4. The first-order valence-electron chi connectivity index (χ1n) is 7.26. The molecule has 1 aliphatic rings. The Balaban J connectivity index is 1.92. The van der Waals surface area contributed by atoms with Gasteiger partial charge in [-0.05, 0) is 19.1 Å². The van der Waals surface area contributed by atoms with Gasteiger partial charge in [0.1, 0.15) is 11.4 Å². The summed E-state index contributed by atoms with van der Waals surface area (Å²) in [6.45, 7) is 4.43. The molecule has 5 heteroatoms. The SMILES string of the molecule is COc1ccc(C)cc1C(O)CNCC1(OC)CCOC1. The Hall–Kier alpha value is -1.14. The van der Waals surface area contributed by atoms with Crippen molar-refractivity contribution in [2.75, 3.05) is 40.5 Å². The molecule has 0 saturated carbocycles. The molecule has 1 aliphatic heterocycles. The van der Waals surface area contributed by atoms with Crippen LogP contribution in [0.15, 0.2) is 18.2 Å². The topological polar surface area (TPSA) is 60.0 Å². The summed E-state index contributed by atoms with van der Waals surface area (Å²) in [7, 11) is 3.32. The Morgan fingerprint density at radius 2 is 2.24 bits per heavy atom. The number of nitrogens with one attached hydrogen (secondary N) is 1. The van der Waals surface area contributed by atoms with Crippen LogP contribution in [-0.4, -0.2) is 51.2 Å². The van der Waals surface area contributed by atoms with Crippen molar-refractivity contribution in [3.05, 3.63) is 29.3 Å². The first-order chi connectivity index (χ1) is 10.1. The lowest BCUT2D eigenvalue weighted by Gasteiger charge is -2.27. The fourth-order valence-electron chi connectivity index (χ4n) is 2.62. The third-order valence-corrected chi connectivity index (χ3v) is 4.03. The van der Waals surface area contributed by atoms with Crippen LogP contribution in [0.3, 0.4) is 0 Å². The summed E-state index contributed by atoms with van der Waals surface area (Å²) in [4.78, 5) is 0. The van der Waals surface area contributed by atoms with Crippen molar-refractivity contribution >= 4 is 0 Å². The monoisotopic (exact) mass is 295 g/mol. The minimum Gasteiger partial charge on any atom is -0.496 e. The van der Waals surface area contributed by atoms with Crippen LogP contribution in [0.2, 0.25) is 0 Å². The Bertz CT molecular complexity index is 458. The molecule has 1 aromatic carbocycles. The zero-order valence-corrected chi connectivity index (χ0v) is 13.0. The lowest BCUT2D eigenvalue weighted by Crippen LogP contribution is -2.44. The molecule has 2 atom stereocenters. The van der Waals surface area contributed by atoms with Gasteiger partial charge >= 0.3 is 0 Å². The number of methoxy groups -OCH3 is 2. The first kappa shape index (κ1) is 16.2. The van der Waals surface area contributed by atoms with E-state index in [1.807, 2.05) is 25.1 Å². The molecule has 1 heterocycles. The largest absolute Gasteiger partial charge is 0.496 e. The molecule has 0 radical (unpaired) electrons. The predicted octanol–water partition coefficient (Wildman–Crippen LogP) is 1.43. The highest BCUT2D eigenvalue weighted by molar-refractivity contribution is 5.38. The van der Waals surface area contributed by atoms with Crippen molar-refractivity contribution in [1.29, 1.82) is 0 Å². The zero-order valence-electron chi connectivity index (χ0n) is 13.0. The fourth-order valence-corrected chi connectivity index (χ4v) is 2.62. The second-order valence-electron chi connectivity index (χ2n) is 5.58. The van der Waals surface area contributed by atoms with E-state index in [1.165, 1.54) is 0 Å². The van der Waals surface area contributed by atoms with Gasteiger partial charge in [-0.15, -0.1) is 0 Å². The third-order valence-electron chi connectivity index (χ3n) is 4.03. The molecular formula is C16H25NO4. The molecular weight excluding hydrogens is 270 g/mol.